The molecule has 0 aliphatic heterocycles. The van der Waals surface area contributed by atoms with Crippen LogP contribution < -0.4 is 14.9 Å². The van der Waals surface area contributed by atoms with Crippen molar-refractivity contribution in [1.29, 1.82) is 5.26 Å². The number of methoxy groups -OCH3 is 1. The van der Waals surface area contributed by atoms with E-state index in [0.717, 1.165) is 11.1 Å². The van der Waals surface area contributed by atoms with Gasteiger partial charge < -0.3 is 13.9 Å². The molecule has 0 aliphatic rings. The van der Waals surface area contributed by atoms with Gasteiger partial charge in [0.2, 0.25) is 11.6 Å². The van der Waals surface area contributed by atoms with Crippen molar-refractivity contribution in [1.82, 2.24) is 4.98 Å². The van der Waals surface area contributed by atoms with Crippen molar-refractivity contribution < 1.29 is 13.9 Å². The highest BCUT2D eigenvalue weighted by Gasteiger charge is 2.12. The van der Waals surface area contributed by atoms with E-state index in [9.17, 15) is 0 Å². The van der Waals surface area contributed by atoms with E-state index < -0.39 is 0 Å². The number of oxazole rings is 1. The lowest BCUT2D eigenvalue weighted by atomic mass is 10.2. The van der Waals surface area contributed by atoms with Gasteiger partial charge in [-0.2, -0.15) is 15.3 Å². The molecular weight excluding hydrogens is 368 g/mol. The monoisotopic (exact) mass is 388 g/mol. The number of rotatable bonds is 8. The summed E-state index contributed by atoms with van der Waals surface area (Å²) in [5.41, 5.74) is 5.27. The van der Waals surface area contributed by atoms with Crippen molar-refractivity contribution in [2.24, 2.45) is 5.10 Å². The summed E-state index contributed by atoms with van der Waals surface area (Å²) in [4.78, 5) is 4.04. The van der Waals surface area contributed by atoms with Crippen LogP contribution in [0.4, 0.5) is 5.88 Å². The molecule has 1 heterocycles. The van der Waals surface area contributed by atoms with Crippen molar-refractivity contribution in [2.45, 2.75) is 13.5 Å². The summed E-state index contributed by atoms with van der Waals surface area (Å²) < 4.78 is 16.7. The molecule has 0 unspecified atom stereocenters. The molecule has 7 nitrogen and oxygen atoms in total. The van der Waals surface area contributed by atoms with Gasteiger partial charge >= 0.3 is 0 Å². The summed E-state index contributed by atoms with van der Waals surface area (Å²) in [5.74, 6) is 1.68. The second-order valence-electron chi connectivity index (χ2n) is 6.14. The van der Waals surface area contributed by atoms with Crippen molar-refractivity contribution in [3.63, 3.8) is 0 Å². The maximum Gasteiger partial charge on any atom is 0.252 e. The molecule has 0 spiro atoms. The Morgan fingerprint density at radius 3 is 2.76 bits per heavy atom. The summed E-state index contributed by atoms with van der Waals surface area (Å²) in [6, 6.07) is 17.3. The van der Waals surface area contributed by atoms with Crippen LogP contribution in [0.15, 0.2) is 64.6 Å². The molecule has 1 aromatic heterocycles. The Bertz CT molecular complexity index is 1070. The lowest BCUT2D eigenvalue weighted by Crippen LogP contribution is -1.98. The predicted molar refractivity (Wildman–Crippen MR) is 111 cm³/mol. The van der Waals surface area contributed by atoms with Gasteiger partial charge in [0.15, 0.2) is 11.5 Å². The Balaban J connectivity index is 1.68. The van der Waals surface area contributed by atoms with Crippen molar-refractivity contribution in [2.75, 3.05) is 12.5 Å². The average Bonchev–Trinajstić information content (AvgIpc) is 3.17. The van der Waals surface area contributed by atoms with E-state index in [1.54, 1.807) is 26.3 Å². The standard InChI is InChI=1S/C22H20N4O3/c1-15(2)21-25-18(12-23)22(29-21)26-24-13-17-9-10-19(20(11-17)27-3)28-14-16-7-5-4-6-8-16/h4-11,13,26H,1,14H2,2-3H3/b24-13-. The molecular formula is C22H20N4O3. The zero-order chi connectivity index (χ0) is 20.6. The molecule has 3 rings (SSSR count). The third kappa shape index (κ3) is 5.02. The van der Waals surface area contributed by atoms with E-state index in [2.05, 4.69) is 22.1 Å². The van der Waals surface area contributed by atoms with E-state index in [-0.39, 0.29) is 11.6 Å². The van der Waals surface area contributed by atoms with Crippen LogP contribution in [0.5, 0.6) is 11.5 Å². The molecule has 0 saturated carbocycles. The predicted octanol–water partition coefficient (Wildman–Crippen LogP) is 4.61. The lowest BCUT2D eigenvalue weighted by Gasteiger charge is -2.11. The Kier molecular flexibility index (Phi) is 6.28. The Morgan fingerprint density at radius 1 is 1.28 bits per heavy atom. The Morgan fingerprint density at radius 2 is 2.07 bits per heavy atom. The molecule has 1 N–H and O–H groups in total. The highest BCUT2D eigenvalue weighted by atomic mass is 16.5. The first-order valence-corrected chi connectivity index (χ1v) is 8.81. The number of aromatic nitrogens is 1. The number of benzene rings is 2. The van der Waals surface area contributed by atoms with Crippen LogP contribution in [0, 0.1) is 11.3 Å². The quantitative estimate of drug-likeness (QED) is 0.447. The Labute approximate surface area is 168 Å². The molecule has 146 valence electrons. The van der Waals surface area contributed by atoms with Gasteiger partial charge in [0.05, 0.1) is 13.3 Å². The summed E-state index contributed by atoms with van der Waals surface area (Å²) in [7, 11) is 1.58. The van der Waals surface area contributed by atoms with Crippen LogP contribution in [-0.4, -0.2) is 18.3 Å². The van der Waals surface area contributed by atoms with E-state index in [1.165, 1.54) is 0 Å². The van der Waals surface area contributed by atoms with Gasteiger partial charge in [0.1, 0.15) is 12.7 Å². The molecule has 0 fully saturated rings. The molecule has 0 aliphatic carbocycles. The highest BCUT2D eigenvalue weighted by molar-refractivity contribution is 5.81. The first-order valence-electron chi connectivity index (χ1n) is 8.81. The van der Waals surface area contributed by atoms with Crippen molar-refractivity contribution in [3.05, 3.63) is 77.8 Å². The van der Waals surface area contributed by atoms with Crippen LogP contribution in [0.3, 0.4) is 0 Å². The largest absolute Gasteiger partial charge is 0.493 e. The number of nitrogens with one attached hydrogen (secondary N) is 1. The molecule has 7 heteroatoms. The minimum atomic E-state index is 0.113. The maximum absolute atomic E-state index is 9.14. The third-order valence-corrected chi connectivity index (χ3v) is 3.90. The second kappa shape index (κ2) is 9.24. The molecule has 0 atom stereocenters. The fourth-order valence-corrected chi connectivity index (χ4v) is 2.44. The number of hydrogen-bond acceptors (Lipinski definition) is 7. The maximum atomic E-state index is 9.14. The molecule has 2 aromatic carbocycles. The fourth-order valence-electron chi connectivity index (χ4n) is 2.44. The third-order valence-electron chi connectivity index (χ3n) is 3.90. The molecule has 0 bridgehead atoms. The van der Waals surface area contributed by atoms with Gasteiger partial charge in [-0.15, -0.1) is 0 Å². The SMILES string of the molecule is C=C(C)c1nc(C#N)c(N/N=C\c2ccc(OCc3ccccc3)c(OC)c2)o1. The van der Waals surface area contributed by atoms with E-state index in [0.29, 0.717) is 29.6 Å². The van der Waals surface area contributed by atoms with Crippen molar-refractivity contribution in [3.8, 4) is 17.6 Å². The summed E-state index contributed by atoms with van der Waals surface area (Å²) in [6.45, 7) is 5.93. The van der Waals surface area contributed by atoms with Crippen LogP contribution in [0.2, 0.25) is 0 Å². The smallest absolute Gasteiger partial charge is 0.252 e. The van der Waals surface area contributed by atoms with Crippen molar-refractivity contribution >= 4 is 17.7 Å². The van der Waals surface area contributed by atoms with E-state index in [4.69, 9.17) is 19.2 Å². The second-order valence-corrected chi connectivity index (χ2v) is 6.14. The topological polar surface area (TPSA) is 92.7 Å². The minimum Gasteiger partial charge on any atom is -0.493 e. The molecule has 0 amide bonds. The van der Waals surface area contributed by atoms with Gasteiger partial charge in [0.25, 0.3) is 5.88 Å². The fraction of sp³-hybridized carbons (Fsp3) is 0.136. The molecule has 0 saturated heterocycles. The molecule has 3 aromatic rings. The van der Waals surface area contributed by atoms with Gasteiger partial charge in [-0.05, 0) is 36.2 Å². The average molecular weight is 388 g/mol. The van der Waals surface area contributed by atoms with Crippen LogP contribution in [0.25, 0.3) is 5.57 Å². The summed E-state index contributed by atoms with van der Waals surface area (Å²) in [5, 5.41) is 13.2. The van der Waals surface area contributed by atoms with Crippen LogP contribution >= 0.6 is 0 Å². The Hall–Kier alpha value is -4.05. The zero-order valence-corrected chi connectivity index (χ0v) is 16.2. The number of allylic oxidation sites excluding steroid dienone is 1. The minimum absolute atomic E-state index is 0.113. The number of nitrogens with zero attached hydrogens (tertiary/aromatic N) is 3. The number of hydrazone groups is 1. The summed E-state index contributed by atoms with van der Waals surface area (Å²) >= 11 is 0. The van der Waals surface area contributed by atoms with Gasteiger partial charge in [-0.3, -0.25) is 0 Å². The zero-order valence-electron chi connectivity index (χ0n) is 16.2. The van der Waals surface area contributed by atoms with E-state index >= 15 is 0 Å². The van der Waals surface area contributed by atoms with Crippen LogP contribution in [0.1, 0.15) is 29.6 Å². The van der Waals surface area contributed by atoms with Gasteiger partial charge in [0, 0.05) is 5.57 Å². The first-order chi connectivity index (χ1) is 14.1. The van der Waals surface area contributed by atoms with Gasteiger partial charge in [-0.1, -0.05) is 36.9 Å². The lowest BCUT2D eigenvalue weighted by molar-refractivity contribution is 0.284. The number of ether oxygens (including phenoxy) is 2. The van der Waals surface area contributed by atoms with Crippen LogP contribution in [-0.2, 0) is 6.61 Å². The first kappa shape index (κ1) is 19.7. The molecule has 0 radical (unpaired) electrons. The molecule has 29 heavy (non-hydrogen) atoms. The normalized spacial score (nSPS) is 10.5. The van der Waals surface area contributed by atoms with E-state index in [1.807, 2.05) is 48.5 Å². The number of nitriles is 1. The number of hydrogen-bond donors (Lipinski definition) is 1. The highest BCUT2D eigenvalue weighted by Crippen LogP contribution is 2.28. The summed E-state index contributed by atoms with van der Waals surface area (Å²) in [6.07, 6.45) is 1.58. The van der Waals surface area contributed by atoms with Gasteiger partial charge in [-0.25, -0.2) is 5.43 Å². The number of anilines is 1.